The molecule has 4 rings (SSSR count). The van der Waals surface area contributed by atoms with Gasteiger partial charge in [0.2, 0.25) is 0 Å². The molecule has 2 heterocycles. The highest BCUT2D eigenvalue weighted by atomic mass is 127. The van der Waals surface area contributed by atoms with Gasteiger partial charge in [0.1, 0.15) is 5.75 Å². The van der Waals surface area contributed by atoms with Crippen LogP contribution in [0.25, 0.3) is 12.2 Å². The third-order valence-electron chi connectivity index (χ3n) is 5.51. The van der Waals surface area contributed by atoms with Crippen molar-refractivity contribution < 1.29 is 28.3 Å². The number of halogens is 2. The number of hydrogen-bond acceptors (Lipinski definition) is 6. The fraction of sp³-hybridized carbons (Fsp3) is 0.462. The summed E-state index contributed by atoms with van der Waals surface area (Å²) < 4.78 is 28.1. The van der Waals surface area contributed by atoms with Crippen molar-refractivity contribution in [3.05, 3.63) is 48.6 Å². The number of benzene rings is 2. The zero-order chi connectivity index (χ0) is 27.1. The van der Waals surface area contributed by atoms with Crippen LogP contribution in [-0.2, 0) is 4.57 Å². The molecule has 2 saturated heterocycles. The van der Waals surface area contributed by atoms with E-state index in [9.17, 15) is 4.57 Å². The van der Waals surface area contributed by atoms with Crippen LogP contribution in [0.5, 0.6) is 17.2 Å². The number of ether oxygens (including phenoxy) is 2. The lowest BCUT2D eigenvalue weighted by Gasteiger charge is -2.11. The Hall–Kier alpha value is -0.890. The van der Waals surface area contributed by atoms with Crippen LogP contribution < -0.4 is 24.6 Å². The lowest BCUT2D eigenvalue weighted by Crippen LogP contribution is -2.21. The molecule has 0 amide bonds. The van der Waals surface area contributed by atoms with Crippen molar-refractivity contribution in [3.63, 3.8) is 0 Å². The molecule has 4 N–H and O–H groups in total. The Bertz CT molecular complexity index is 982. The summed E-state index contributed by atoms with van der Waals surface area (Å²) in [6.45, 7) is 5.00. The van der Waals surface area contributed by atoms with E-state index >= 15 is 0 Å². The van der Waals surface area contributed by atoms with Gasteiger partial charge in [0.25, 0.3) is 0 Å². The van der Waals surface area contributed by atoms with Crippen LogP contribution in [0, 0.1) is 7.14 Å². The number of phosphoric acid groups is 1. The van der Waals surface area contributed by atoms with E-state index in [0.29, 0.717) is 5.56 Å². The van der Waals surface area contributed by atoms with Crippen LogP contribution in [0.3, 0.4) is 0 Å². The number of methoxy groups -OCH3 is 2. The van der Waals surface area contributed by atoms with Crippen LogP contribution in [-0.4, -0.2) is 50.2 Å². The fourth-order valence-electron chi connectivity index (χ4n) is 3.66. The number of nitrogens with one attached hydrogen (secondary N) is 2. The zero-order valence-electron chi connectivity index (χ0n) is 21.3. The Morgan fingerprint density at radius 3 is 1.65 bits per heavy atom. The lowest BCUT2D eigenvalue weighted by atomic mass is 10.1. The van der Waals surface area contributed by atoms with E-state index < -0.39 is 7.82 Å². The maximum Gasteiger partial charge on any atom is 0.524 e. The van der Waals surface area contributed by atoms with E-state index in [1.807, 2.05) is 24.3 Å². The first-order chi connectivity index (χ1) is 17.7. The Morgan fingerprint density at radius 2 is 1.27 bits per heavy atom. The summed E-state index contributed by atoms with van der Waals surface area (Å²) in [4.78, 5) is 18.0. The second kappa shape index (κ2) is 17.6. The summed E-state index contributed by atoms with van der Waals surface area (Å²) in [5.74, 6) is 1.06. The Morgan fingerprint density at radius 1 is 0.757 bits per heavy atom. The highest BCUT2D eigenvalue weighted by Gasteiger charge is 2.19. The molecule has 2 aliphatic heterocycles. The minimum absolute atomic E-state index is 0.0168. The molecule has 0 radical (unpaired) electrons. The predicted molar refractivity (Wildman–Crippen MR) is 166 cm³/mol. The molecule has 37 heavy (non-hydrogen) atoms. The molecule has 2 aromatic rings. The molecule has 0 aliphatic carbocycles. The van der Waals surface area contributed by atoms with Gasteiger partial charge in [0, 0.05) is 0 Å². The zero-order valence-corrected chi connectivity index (χ0v) is 26.6. The van der Waals surface area contributed by atoms with Crippen molar-refractivity contribution in [3.8, 4) is 17.2 Å². The smallest absolute Gasteiger partial charge is 0.495 e. The topological polar surface area (TPSA) is 109 Å². The van der Waals surface area contributed by atoms with E-state index in [1.165, 1.54) is 77.9 Å². The van der Waals surface area contributed by atoms with Crippen LogP contribution in [0.15, 0.2) is 30.3 Å². The van der Waals surface area contributed by atoms with Crippen LogP contribution >= 0.6 is 53.0 Å². The number of piperidine rings is 2. The molecular formula is C26H37I2N2O6P. The predicted octanol–water partition coefficient (Wildman–Crippen LogP) is 6.07. The van der Waals surface area contributed by atoms with Gasteiger partial charge in [-0.1, -0.05) is 31.1 Å². The van der Waals surface area contributed by atoms with Crippen molar-refractivity contribution in [2.45, 2.75) is 38.5 Å². The third kappa shape index (κ3) is 13.1. The van der Waals surface area contributed by atoms with E-state index in [2.05, 4.69) is 60.3 Å². The summed E-state index contributed by atoms with van der Waals surface area (Å²) >= 11 is 4.42. The number of hydrogen-bond donors (Lipinski definition) is 4. The molecule has 0 spiro atoms. The molecule has 0 atom stereocenters. The molecular weight excluding hydrogens is 721 g/mol. The maximum atomic E-state index is 11.1. The monoisotopic (exact) mass is 758 g/mol. The minimum Gasteiger partial charge on any atom is -0.495 e. The first-order valence-electron chi connectivity index (χ1n) is 12.3. The van der Waals surface area contributed by atoms with E-state index in [1.54, 1.807) is 19.2 Å². The van der Waals surface area contributed by atoms with Crippen LogP contribution in [0.4, 0.5) is 0 Å². The molecule has 8 nitrogen and oxygen atoms in total. The average molecular weight is 758 g/mol. The van der Waals surface area contributed by atoms with Crippen molar-refractivity contribution in [2.75, 3.05) is 40.4 Å². The summed E-state index contributed by atoms with van der Waals surface area (Å²) in [6, 6.07) is 8.82. The fourth-order valence-corrected chi connectivity index (χ4v) is 6.32. The van der Waals surface area contributed by atoms with Crippen LogP contribution in [0.2, 0.25) is 0 Å². The normalized spacial score (nSPS) is 15.6. The van der Waals surface area contributed by atoms with Gasteiger partial charge in [-0.15, -0.1) is 0 Å². The molecule has 0 unspecified atom stereocenters. The van der Waals surface area contributed by atoms with Gasteiger partial charge in [-0.3, -0.25) is 9.79 Å². The molecule has 2 aromatic carbocycles. The molecule has 0 bridgehead atoms. The maximum absolute atomic E-state index is 11.1. The molecule has 206 valence electrons. The lowest BCUT2D eigenvalue weighted by molar-refractivity contribution is 0.276. The summed E-state index contributed by atoms with van der Waals surface area (Å²) in [5.41, 5.74) is 1.69. The molecule has 11 heteroatoms. The molecule has 0 saturated carbocycles. The van der Waals surface area contributed by atoms with Gasteiger partial charge in [0.15, 0.2) is 11.5 Å². The van der Waals surface area contributed by atoms with E-state index in [-0.39, 0.29) is 11.5 Å². The van der Waals surface area contributed by atoms with E-state index in [4.69, 9.17) is 19.3 Å². The molecule has 0 aromatic heterocycles. The largest absolute Gasteiger partial charge is 0.524 e. The Balaban J connectivity index is 0.000000323. The van der Waals surface area contributed by atoms with Crippen molar-refractivity contribution in [1.29, 1.82) is 0 Å². The second-order valence-electron chi connectivity index (χ2n) is 8.46. The van der Waals surface area contributed by atoms with Gasteiger partial charge in [-0.2, -0.15) is 0 Å². The quantitative estimate of drug-likeness (QED) is 0.160. The first kappa shape index (κ1) is 32.3. The van der Waals surface area contributed by atoms with Crippen LogP contribution in [0.1, 0.15) is 49.7 Å². The minimum atomic E-state index is -4.67. The SMILES string of the molecule is C1CCNCC1.C1CCNCC1.COc1ccc(/C=C\c2cc(I)c(OC)c(I)c2)cc1OP(=O)(O)O. The summed E-state index contributed by atoms with van der Waals surface area (Å²) in [5, 5.41) is 6.57. The second-order valence-corrected chi connectivity index (χ2v) is 12.0. The first-order valence-corrected chi connectivity index (χ1v) is 16.0. The van der Waals surface area contributed by atoms with Crippen molar-refractivity contribution >= 4 is 65.2 Å². The van der Waals surface area contributed by atoms with Gasteiger partial charge >= 0.3 is 7.82 Å². The molecule has 2 aliphatic rings. The summed E-state index contributed by atoms with van der Waals surface area (Å²) in [7, 11) is -1.63. The highest BCUT2D eigenvalue weighted by Crippen LogP contribution is 2.42. The van der Waals surface area contributed by atoms with Crippen molar-refractivity contribution in [1.82, 2.24) is 10.6 Å². The average Bonchev–Trinajstić information content (AvgIpc) is 2.89. The highest BCUT2D eigenvalue weighted by molar-refractivity contribution is 14.1. The summed E-state index contributed by atoms with van der Waals surface area (Å²) in [6.07, 6.45) is 12.1. The standard InChI is InChI=1S/C16H15I2O6P.2C5H11N/c1-22-14-6-5-10(9-15(14)24-25(19,20)21)3-4-11-7-12(17)16(23-2)13(18)8-11;2*1-2-4-6-5-3-1/h3-9H,1-2H3,(H2,19,20,21);2*6H,1-5H2/b4-3-;;. The number of rotatable bonds is 6. The van der Waals surface area contributed by atoms with Gasteiger partial charge in [-0.25, -0.2) is 4.57 Å². The van der Waals surface area contributed by atoms with Gasteiger partial charge in [0.05, 0.1) is 21.4 Å². The third-order valence-corrected chi connectivity index (χ3v) is 7.55. The van der Waals surface area contributed by atoms with Gasteiger partial charge < -0.3 is 24.6 Å². The van der Waals surface area contributed by atoms with Crippen molar-refractivity contribution in [2.24, 2.45) is 0 Å². The Kier molecular flexibility index (Phi) is 15.4. The molecule has 2 fully saturated rings. The number of phosphoric ester groups is 1. The van der Waals surface area contributed by atoms with Gasteiger partial charge in [-0.05, 0) is 132 Å². The van der Waals surface area contributed by atoms with E-state index in [0.717, 1.165) is 18.5 Å². The Labute approximate surface area is 247 Å².